The highest BCUT2D eigenvalue weighted by Crippen LogP contribution is 2.24. The van der Waals surface area contributed by atoms with Crippen LogP contribution in [0, 0.1) is 0 Å². The van der Waals surface area contributed by atoms with E-state index in [1.165, 1.54) is 6.08 Å². The third-order valence-corrected chi connectivity index (χ3v) is 5.13. The molecule has 3 aromatic carbocycles. The fraction of sp³-hybridized carbons (Fsp3) is 0.125. The van der Waals surface area contributed by atoms with Gasteiger partial charge in [-0.25, -0.2) is 0 Å². The lowest BCUT2D eigenvalue weighted by atomic mass is 10.2. The highest BCUT2D eigenvalue weighted by Gasteiger charge is 2.08. The molecule has 0 unspecified atom stereocenters. The predicted octanol–water partition coefficient (Wildman–Crippen LogP) is 5.24. The number of hydrogen-bond acceptors (Lipinski definition) is 5. The average molecular weight is 493 g/mol. The molecule has 8 heteroatoms. The minimum atomic E-state index is -0.259. The second kappa shape index (κ2) is 9.65. The molecule has 0 saturated carbocycles. The number of anilines is 1. The molecule has 1 aromatic heterocycles. The summed E-state index contributed by atoms with van der Waals surface area (Å²) in [4.78, 5) is 14.0. The van der Waals surface area contributed by atoms with Crippen LogP contribution in [0.4, 0.5) is 5.69 Å². The second-order valence-corrected chi connectivity index (χ2v) is 7.74. The van der Waals surface area contributed by atoms with Crippen LogP contribution >= 0.6 is 15.9 Å². The van der Waals surface area contributed by atoms with E-state index in [1.54, 1.807) is 30.1 Å². The predicted molar refractivity (Wildman–Crippen MR) is 128 cm³/mol. The fourth-order valence-electron chi connectivity index (χ4n) is 3.13. The lowest BCUT2D eigenvalue weighted by molar-refractivity contribution is -0.111. The van der Waals surface area contributed by atoms with Gasteiger partial charge in [0.1, 0.15) is 22.5 Å². The van der Waals surface area contributed by atoms with E-state index in [-0.39, 0.29) is 5.91 Å². The second-order valence-electron chi connectivity index (χ2n) is 6.83. The summed E-state index contributed by atoms with van der Waals surface area (Å²) in [6.07, 6.45) is 3.17. The molecule has 4 aromatic rings. The van der Waals surface area contributed by atoms with Gasteiger partial charge in [-0.05, 0) is 73.7 Å². The van der Waals surface area contributed by atoms with Crippen LogP contribution in [-0.2, 0) is 4.79 Å². The van der Waals surface area contributed by atoms with Gasteiger partial charge in [-0.3, -0.25) is 4.79 Å². The summed E-state index contributed by atoms with van der Waals surface area (Å²) in [6.45, 7) is 2.56. The first-order valence-corrected chi connectivity index (χ1v) is 10.8. The van der Waals surface area contributed by atoms with Gasteiger partial charge in [-0.15, -0.1) is 10.2 Å². The van der Waals surface area contributed by atoms with Gasteiger partial charge >= 0.3 is 0 Å². The summed E-state index contributed by atoms with van der Waals surface area (Å²) in [5.74, 6) is 1.22. The summed E-state index contributed by atoms with van der Waals surface area (Å²) >= 11 is 3.43. The van der Waals surface area contributed by atoms with E-state index in [0.29, 0.717) is 23.6 Å². The van der Waals surface area contributed by atoms with Gasteiger partial charge in [0.2, 0.25) is 5.91 Å². The summed E-state index contributed by atoms with van der Waals surface area (Å²) in [5.41, 5.74) is 3.65. The molecule has 0 aliphatic carbocycles. The summed E-state index contributed by atoms with van der Waals surface area (Å²) in [5, 5.41) is 11.9. The van der Waals surface area contributed by atoms with Gasteiger partial charge in [-0.1, -0.05) is 15.9 Å². The number of carbonyl (C=O) groups excluding carboxylic acids is 1. The quantitative estimate of drug-likeness (QED) is 0.356. The first-order valence-electron chi connectivity index (χ1n) is 9.98. The zero-order chi connectivity index (χ0) is 22.5. The average Bonchev–Trinajstić information content (AvgIpc) is 3.22. The smallest absolute Gasteiger partial charge is 0.248 e. The highest BCUT2D eigenvalue weighted by molar-refractivity contribution is 9.10. The third-order valence-electron chi connectivity index (χ3n) is 4.63. The minimum Gasteiger partial charge on any atom is -0.496 e. The maximum Gasteiger partial charge on any atom is 0.248 e. The van der Waals surface area contributed by atoms with Crippen molar-refractivity contribution >= 4 is 44.6 Å². The number of aromatic nitrogens is 3. The van der Waals surface area contributed by atoms with Crippen LogP contribution < -0.4 is 14.8 Å². The summed E-state index contributed by atoms with van der Waals surface area (Å²) in [7, 11) is 1.59. The van der Waals surface area contributed by atoms with Crippen LogP contribution in [0.25, 0.3) is 22.8 Å². The number of fused-ring (bicyclic) bond motifs is 1. The molecule has 1 heterocycles. The minimum absolute atomic E-state index is 0.259. The SMILES string of the molecule is CCOc1ccc(-n2nc3ccc(NC(=O)/C=C\c4cc(Br)ccc4OC)cc3n2)cc1. The molecule has 1 amide bonds. The molecule has 4 rings (SSSR count). The largest absolute Gasteiger partial charge is 0.496 e. The van der Waals surface area contributed by atoms with Crippen LogP contribution in [0.1, 0.15) is 12.5 Å². The maximum atomic E-state index is 12.4. The topological polar surface area (TPSA) is 78.3 Å². The van der Waals surface area contributed by atoms with E-state index >= 15 is 0 Å². The Labute approximate surface area is 193 Å². The van der Waals surface area contributed by atoms with Crippen molar-refractivity contribution in [3.05, 3.63) is 76.8 Å². The molecule has 7 nitrogen and oxygen atoms in total. The molecule has 0 aliphatic heterocycles. The van der Waals surface area contributed by atoms with Crippen LogP contribution in [-0.4, -0.2) is 34.6 Å². The van der Waals surface area contributed by atoms with Crippen molar-refractivity contribution in [3.63, 3.8) is 0 Å². The molecule has 32 heavy (non-hydrogen) atoms. The third kappa shape index (κ3) is 4.97. The van der Waals surface area contributed by atoms with Crippen molar-refractivity contribution in [1.82, 2.24) is 15.0 Å². The van der Waals surface area contributed by atoms with Crippen molar-refractivity contribution in [1.29, 1.82) is 0 Å². The Kier molecular flexibility index (Phi) is 6.51. The molecule has 0 radical (unpaired) electrons. The normalized spacial score (nSPS) is 11.1. The molecule has 0 saturated heterocycles. The molecule has 162 valence electrons. The van der Waals surface area contributed by atoms with E-state index < -0.39 is 0 Å². The van der Waals surface area contributed by atoms with E-state index in [2.05, 4.69) is 31.4 Å². The van der Waals surface area contributed by atoms with Gasteiger partial charge in [-0.2, -0.15) is 4.80 Å². The lowest BCUT2D eigenvalue weighted by Crippen LogP contribution is -2.07. The van der Waals surface area contributed by atoms with Gasteiger partial charge in [0.15, 0.2) is 0 Å². The molecule has 0 aliphatic rings. The Morgan fingerprint density at radius 3 is 2.59 bits per heavy atom. The van der Waals surface area contributed by atoms with Gasteiger partial charge in [0.05, 0.1) is 19.4 Å². The molecule has 0 atom stereocenters. The Balaban J connectivity index is 1.49. The Bertz CT molecular complexity index is 1280. The zero-order valence-corrected chi connectivity index (χ0v) is 19.2. The number of benzene rings is 3. The monoisotopic (exact) mass is 492 g/mol. The molecular formula is C24H21BrN4O3. The van der Waals surface area contributed by atoms with Crippen LogP contribution in [0.5, 0.6) is 11.5 Å². The van der Waals surface area contributed by atoms with Crippen molar-refractivity contribution in [2.45, 2.75) is 6.92 Å². The number of nitrogens with zero attached hydrogens (tertiary/aromatic N) is 3. The van der Waals surface area contributed by atoms with Crippen molar-refractivity contribution < 1.29 is 14.3 Å². The first-order chi connectivity index (χ1) is 15.6. The van der Waals surface area contributed by atoms with Crippen molar-refractivity contribution in [2.75, 3.05) is 19.0 Å². The Hall–Kier alpha value is -3.65. The van der Waals surface area contributed by atoms with E-state index in [4.69, 9.17) is 9.47 Å². The van der Waals surface area contributed by atoms with Crippen LogP contribution in [0.3, 0.4) is 0 Å². The number of ether oxygens (including phenoxy) is 2. The summed E-state index contributed by atoms with van der Waals surface area (Å²) in [6, 6.07) is 18.6. The molecule has 0 fully saturated rings. The molecule has 0 bridgehead atoms. The van der Waals surface area contributed by atoms with Crippen molar-refractivity contribution in [2.24, 2.45) is 0 Å². The number of amides is 1. The van der Waals surface area contributed by atoms with Crippen molar-refractivity contribution in [3.8, 4) is 17.2 Å². The molecule has 1 N–H and O–H groups in total. The number of carbonyl (C=O) groups is 1. The van der Waals surface area contributed by atoms with E-state index in [1.807, 2.05) is 55.5 Å². The Morgan fingerprint density at radius 2 is 1.84 bits per heavy atom. The lowest BCUT2D eigenvalue weighted by Gasteiger charge is -2.05. The number of rotatable bonds is 7. The van der Waals surface area contributed by atoms with Gasteiger partial charge < -0.3 is 14.8 Å². The fourth-order valence-corrected chi connectivity index (χ4v) is 3.51. The molecular weight excluding hydrogens is 472 g/mol. The number of nitrogens with one attached hydrogen (secondary N) is 1. The van der Waals surface area contributed by atoms with E-state index in [0.717, 1.165) is 27.0 Å². The highest BCUT2D eigenvalue weighted by atomic mass is 79.9. The zero-order valence-electron chi connectivity index (χ0n) is 17.6. The van der Waals surface area contributed by atoms with Gasteiger partial charge in [0.25, 0.3) is 0 Å². The number of methoxy groups -OCH3 is 1. The molecule has 0 spiro atoms. The summed E-state index contributed by atoms with van der Waals surface area (Å²) < 4.78 is 11.7. The standard InChI is InChI=1S/C24H21BrN4O3/c1-3-32-20-9-7-19(8-10-20)29-27-21-11-6-18(15-22(21)28-29)26-24(30)13-4-16-14-17(25)5-12-23(16)31-2/h4-15H,3H2,1-2H3,(H,26,30)/b13-4-. The number of hydrogen-bond donors (Lipinski definition) is 1. The first kappa shape index (κ1) is 21.6. The Morgan fingerprint density at radius 1 is 1.06 bits per heavy atom. The van der Waals surface area contributed by atoms with E-state index in [9.17, 15) is 4.79 Å². The maximum absolute atomic E-state index is 12.4. The van der Waals surface area contributed by atoms with Crippen LogP contribution in [0.15, 0.2) is 71.2 Å². The van der Waals surface area contributed by atoms with Crippen LogP contribution in [0.2, 0.25) is 0 Å². The van der Waals surface area contributed by atoms with Gasteiger partial charge in [0, 0.05) is 21.8 Å². The number of halogens is 1.